The van der Waals surface area contributed by atoms with Gasteiger partial charge in [0, 0.05) is 6.04 Å². The van der Waals surface area contributed by atoms with E-state index in [0.29, 0.717) is 17.5 Å². The first-order valence-electron chi connectivity index (χ1n) is 6.67. The molecule has 0 saturated heterocycles. The number of rotatable bonds is 4. The van der Waals surface area contributed by atoms with E-state index in [1.165, 1.54) is 0 Å². The van der Waals surface area contributed by atoms with Crippen LogP contribution in [0, 0.1) is 19.7 Å². The molecule has 0 amide bonds. The van der Waals surface area contributed by atoms with Crippen molar-refractivity contribution in [1.82, 2.24) is 0 Å². The molecule has 0 spiro atoms. The van der Waals surface area contributed by atoms with E-state index in [9.17, 15) is 4.39 Å². The van der Waals surface area contributed by atoms with E-state index in [2.05, 4.69) is 0 Å². The van der Waals surface area contributed by atoms with E-state index in [0.717, 1.165) is 16.9 Å². The van der Waals surface area contributed by atoms with Crippen LogP contribution >= 0.6 is 0 Å². The number of hydrogen-bond acceptors (Lipinski definition) is 2. The quantitative estimate of drug-likeness (QED) is 0.922. The largest absolute Gasteiger partial charge is 0.496 e. The molecule has 106 valence electrons. The number of hydrogen-bond donors (Lipinski definition) is 1. The van der Waals surface area contributed by atoms with Crippen LogP contribution in [0.25, 0.3) is 0 Å². The molecule has 2 rings (SSSR count). The molecule has 0 aliphatic carbocycles. The van der Waals surface area contributed by atoms with E-state index in [4.69, 9.17) is 10.5 Å². The molecule has 0 saturated carbocycles. The topological polar surface area (TPSA) is 35.2 Å². The number of nitrogens with two attached hydrogens (primary N) is 1. The lowest BCUT2D eigenvalue weighted by Crippen LogP contribution is -2.14. The van der Waals surface area contributed by atoms with Gasteiger partial charge in [-0.25, -0.2) is 4.39 Å². The van der Waals surface area contributed by atoms with Crippen LogP contribution in [0.15, 0.2) is 36.4 Å². The van der Waals surface area contributed by atoms with Gasteiger partial charge in [0.2, 0.25) is 0 Å². The molecule has 0 aliphatic heterocycles. The predicted molar refractivity (Wildman–Crippen MR) is 79.5 cm³/mol. The Kier molecular flexibility index (Phi) is 4.40. The van der Waals surface area contributed by atoms with Crippen molar-refractivity contribution in [2.24, 2.45) is 5.73 Å². The van der Waals surface area contributed by atoms with Gasteiger partial charge in [-0.3, -0.25) is 0 Å². The van der Waals surface area contributed by atoms with Gasteiger partial charge >= 0.3 is 0 Å². The van der Waals surface area contributed by atoms with E-state index < -0.39 is 0 Å². The van der Waals surface area contributed by atoms with Crippen molar-refractivity contribution < 1.29 is 9.13 Å². The zero-order valence-electron chi connectivity index (χ0n) is 12.1. The smallest absolute Gasteiger partial charge is 0.129 e. The zero-order chi connectivity index (χ0) is 14.7. The molecule has 2 aromatic rings. The number of methoxy groups -OCH3 is 1. The Morgan fingerprint density at radius 3 is 2.35 bits per heavy atom. The molecule has 0 bridgehead atoms. The first kappa shape index (κ1) is 14.5. The summed E-state index contributed by atoms with van der Waals surface area (Å²) in [6.45, 7) is 3.53. The summed E-state index contributed by atoms with van der Waals surface area (Å²) in [5, 5.41) is 0. The summed E-state index contributed by atoms with van der Waals surface area (Å²) in [4.78, 5) is 0. The Morgan fingerprint density at radius 2 is 1.75 bits per heavy atom. The number of aryl methyl sites for hydroxylation is 2. The van der Waals surface area contributed by atoms with Crippen LogP contribution < -0.4 is 10.5 Å². The van der Waals surface area contributed by atoms with Gasteiger partial charge in [0.15, 0.2) is 0 Å². The van der Waals surface area contributed by atoms with Gasteiger partial charge < -0.3 is 10.5 Å². The van der Waals surface area contributed by atoms with Crippen LogP contribution in [0.2, 0.25) is 0 Å². The second kappa shape index (κ2) is 6.06. The highest BCUT2D eigenvalue weighted by Crippen LogP contribution is 2.25. The molecule has 1 unspecified atom stereocenters. The van der Waals surface area contributed by atoms with Gasteiger partial charge in [-0.2, -0.15) is 0 Å². The Morgan fingerprint density at radius 1 is 1.15 bits per heavy atom. The third-order valence-corrected chi connectivity index (χ3v) is 3.52. The Balaban J connectivity index is 2.26. The third kappa shape index (κ3) is 2.99. The van der Waals surface area contributed by atoms with Crippen LogP contribution in [0.3, 0.4) is 0 Å². The molecule has 2 N–H and O–H groups in total. The maximum atomic E-state index is 13.7. The van der Waals surface area contributed by atoms with Crippen molar-refractivity contribution in [3.63, 3.8) is 0 Å². The minimum atomic E-state index is -0.177. The maximum Gasteiger partial charge on any atom is 0.129 e. The standard InChI is InChI=1S/C17H20FNO/c1-11-8-14(9-12(2)17(11)18)15(19)10-13-6-4-5-7-16(13)20-3/h4-9,15H,10,19H2,1-3H3. The minimum absolute atomic E-state index is 0.154. The van der Waals surface area contributed by atoms with Gasteiger partial charge in [0.05, 0.1) is 7.11 Å². The molecule has 0 aromatic heterocycles. The van der Waals surface area contributed by atoms with Gasteiger partial charge in [-0.1, -0.05) is 30.3 Å². The van der Waals surface area contributed by atoms with Crippen molar-refractivity contribution in [3.05, 3.63) is 64.5 Å². The van der Waals surface area contributed by atoms with Crippen LogP contribution in [0.5, 0.6) is 5.75 Å². The summed E-state index contributed by atoms with van der Waals surface area (Å²) in [6.07, 6.45) is 0.661. The SMILES string of the molecule is COc1ccccc1CC(N)c1cc(C)c(F)c(C)c1. The molecule has 1 atom stereocenters. The summed E-state index contributed by atoms with van der Waals surface area (Å²) in [6, 6.07) is 11.3. The average molecular weight is 273 g/mol. The monoisotopic (exact) mass is 273 g/mol. The van der Waals surface area contributed by atoms with Crippen LogP contribution in [-0.4, -0.2) is 7.11 Å². The lowest BCUT2D eigenvalue weighted by Gasteiger charge is -2.16. The Bertz CT molecular complexity index is 587. The summed E-state index contributed by atoms with van der Waals surface area (Å²) in [7, 11) is 1.65. The van der Waals surface area contributed by atoms with Crippen molar-refractivity contribution in [2.75, 3.05) is 7.11 Å². The first-order valence-corrected chi connectivity index (χ1v) is 6.67. The Labute approximate surface area is 119 Å². The summed E-state index contributed by atoms with van der Waals surface area (Å²) in [5.74, 6) is 0.678. The molecule has 0 heterocycles. The molecule has 20 heavy (non-hydrogen) atoms. The first-order chi connectivity index (χ1) is 9.52. The van der Waals surface area contributed by atoms with E-state index in [1.54, 1.807) is 21.0 Å². The average Bonchev–Trinajstić information content (AvgIpc) is 2.44. The van der Waals surface area contributed by atoms with Gasteiger partial charge in [0.1, 0.15) is 11.6 Å². The van der Waals surface area contributed by atoms with Crippen LogP contribution in [-0.2, 0) is 6.42 Å². The molecule has 0 radical (unpaired) electrons. The summed E-state index contributed by atoms with van der Waals surface area (Å²) in [5.41, 5.74) is 9.54. The third-order valence-electron chi connectivity index (χ3n) is 3.52. The lowest BCUT2D eigenvalue weighted by atomic mass is 9.96. The minimum Gasteiger partial charge on any atom is -0.496 e. The van der Waals surface area contributed by atoms with E-state index in [1.807, 2.05) is 36.4 Å². The van der Waals surface area contributed by atoms with Crippen molar-refractivity contribution in [1.29, 1.82) is 0 Å². The zero-order valence-corrected chi connectivity index (χ0v) is 12.1. The molecule has 3 heteroatoms. The van der Waals surface area contributed by atoms with Crippen molar-refractivity contribution in [3.8, 4) is 5.75 Å². The van der Waals surface area contributed by atoms with Crippen LogP contribution in [0.4, 0.5) is 4.39 Å². The predicted octanol–water partition coefficient (Wildman–Crippen LogP) is 3.69. The molecular formula is C17H20FNO. The molecule has 2 aromatic carbocycles. The number of ether oxygens (including phenoxy) is 1. The summed E-state index contributed by atoms with van der Waals surface area (Å²) >= 11 is 0. The second-order valence-electron chi connectivity index (χ2n) is 5.09. The van der Waals surface area contributed by atoms with Crippen LogP contribution in [0.1, 0.15) is 28.3 Å². The fourth-order valence-corrected chi connectivity index (χ4v) is 2.42. The van der Waals surface area contributed by atoms with Crippen molar-refractivity contribution >= 4 is 0 Å². The normalized spacial score (nSPS) is 12.2. The molecular weight excluding hydrogens is 253 g/mol. The molecule has 0 fully saturated rings. The number of benzene rings is 2. The second-order valence-corrected chi connectivity index (χ2v) is 5.09. The van der Waals surface area contributed by atoms with Gasteiger partial charge in [0.25, 0.3) is 0 Å². The molecule has 2 nitrogen and oxygen atoms in total. The van der Waals surface area contributed by atoms with Gasteiger partial charge in [-0.15, -0.1) is 0 Å². The Hall–Kier alpha value is -1.87. The number of halogens is 1. The highest BCUT2D eigenvalue weighted by atomic mass is 19.1. The number of para-hydroxylation sites is 1. The fourth-order valence-electron chi connectivity index (χ4n) is 2.42. The van der Waals surface area contributed by atoms with Crippen molar-refractivity contribution in [2.45, 2.75) is 26.3 Å². The molecule has 0 aliphatic rings. The van der Waals surface area contributed by atoms with Gasteiger partial charge in [-0.05, 0) is 48.6 Å². The summed E-state index contributed by atoms with van der Waals surface area (Å²) < 4.78 is 19.0. The van der Waals surface area contributed by atoms with E-state index in [-0.39, 0.29) is 11.9 Å². The maximum absolute atomic E-state index is 13.7. The highest BCUT2D eigenvalue weighted by Gasteiger charge is 2.13. The lowest BCUT2D eigenvalue weighted by molar-refractivity contribution is 0.408. The fraction of sp³-hybridized carbons (Fsp3) is 0.294. The highest BCUT2D eigenvalue weighted by molar-refractivity contribution is 5.37. The van der Waals surface area contributed by atoms with E-state index >= 15 is 0 Å².